The van der Waals surface area contributed by atoms with Gasteiger partial charge in [-0.1, -0.05) is 0 Å². The van der Waals surface area contributed by atoms with Crippen molar-refractivity contribution >= 4 is 5.90 Å². The fourth-order valence-electron chi connectivity index (χ4n) is 0.847. The Labute approximate surface area is 61.3 Å². The first kappa shape index (κ1) is 7.54. The second-order valence-corrected chi connectivity index (χ2v) is 3.34. The average molecular weight is 142 g/mol. The molecule has 0 aromatic heterocycles. The zero-order chi connectivity index (χ0) is 7.78. The van der Waals surface area contributed by atoms with E-state index in [4.69, 9.17) is 10.5 Å². The Hall–Kier alpha value is -0.570. The van der Waals surface area contributed by atoms with E-state index in [1.165, 1.54) is 0 Å². The summed E-state index contributed by atoms with van der Waals surface area (Å²) < 4.78 is 5.25. The molecule has 58 valence electrons. The van der Waals surface area contributed by atoms with E-state index in [2.05, 4.69) is 4.99 Å². The van der Waals surface area contributed by atoms with Gasteiger partial charge in [-0.15, -0.1) is 0 Å². The quantitative estimate of drug-likeness (QED) is 0.581. The molecule has 0 aromatic rings. The number of hydrogen-bond acceptors (Lipinski definition) is 3. The molecule has 0 aliphatic carbocycles. The summed E-state index contributed by atoms with van der Waals surface area (Å²) in [5, 5.41) is 0. The molecule has 3 nitrogen and oxygen atoms in total. The molecule has 0 bridgehead atoms. The maximum atomic E-state index is 5.56. The van der Waals surface area contributed by atoms with Crippen molar-refractivity contribution < 1.29 is 4.74 Å². The van der Waals surface area contributed by atoms with Crippen LogP contribution in [0, 0.1) is 0 Å². The zero-order valence-corrected chi connectivity index (χ0v) is 6.72. The maximum absolute atomic E-state index is 5.56. The summed E-state index contributed by atoms with van der Waals surface area (Å²) in [6.45, 7) is 6.59. The lowest BCUT2D eigenvalue weighted by atomic mass is 10.1. The molecule has 0 saturated heterocycles. The van der Waals surface area contributed by atoms with E-state index in [1.807, 2.05) is 20.8 Å². The molecule has 1 atom stereocenters. The fourth-order valence-corrected chi connectivity index (χ4v) is 0.847. The van der Waals surface area contributed by atoms with Crippen LogP contribution in [0.15, 0.2) is 4.99 Å². The molecule has 1 heterocycles. The summed E-state index contributed by atoms with van der Waals surface area (Å²) in [6, 6.07) is -0.0678. The third-order valence-corrected chi connectivity index (χ3v) is 1.38. The van der Waals surface area contributed by atoms with Crippen LogP contribution >= 0.6 is 0 Å². The number of hydrogen-bond donors (Lipinski definition) is 1. The number of ether oxygens (including phenoxy) is 1. The molecule has 1 aliphatic rings. The number of nitrogens with zero attached hydrogens (tertiary/aromatic N) is 1. The SMILES string of the molecule is CC(N)C1=NC(C)(C)CO1. The van der Waals surface area contributed by atoms with Crippen molar-refractivity contribution in [1.82, 2.24) is 0 Å². The molecule has 0 saturated carbocycles. The normalized spacial score (nSPS) is 25.4. The average Bonchev–Trinajstić information content (AvgIpc) is 2.10. The molecular weight excluding hydrogens is 128 g/mol. The van der Waals surface area contributed by atoms with Crippen LogP contribution in [0.25, 0.3) is 0 Å². The molecule has 1 rings (SSSR count). The van der Waals surface area contributed by atoms with Gasteiger partial charge < -0.3 is 10.5 Å². The lowest BCUT2D eigenvalue weighted by Gasteiger charge is -2.07. The Morgan fingerprint density at radius 2 is 2.30 bits per heavy atom. The van der Waals surface area contributed by atoms with E-state index in [0.29, 0.717) is 12.5 Å². The Morgan fingerprint density at radius 3 is 2.50 bits per heavy atom. The van der Waals surface area contributed by atoms with E-state index in [9.17, 15) is 0 Å². The molecule has 0 spiro atoms. The van der Waals surface area contributed by atoms with Crippen molar-refractivity contribution in [3.8, 4) is 0 Å². The molecule has 2 N–H and O–H groups in total. The third-order valence-electron chi connectivity index (χ3n) is 1.38. The Kier molecular flexibility index (Phi) is 1.68. The minimum Gasteiger partial charge on any atom is -0.477 e. The van der Waals surface area contributed by atoms with Gasteiger partial charge in [0.25, 0.3) is 0 Å². The predicted molar refractivity (Wildman–Crippen MR) is 41.1 cm³/mol. The first-order valence-corrected chi connectivity index (χ1v) is 3.49. The van der Waals surface area contributed by atoms with Gasteiger partial charge in [0.1, 0.15) is 6.61 Å². The standard InChI is InChI=1S/C7H14N2O/c1-5(8)6-9-7(2,3)4-10-6/h5H,4,8H2,1-3H3. The van der Waals surface area contributed by atoms with Crippen molar-refractivity contribution in [2.75, 3.05) is 6.61 Å². The van der Waals surface area contributed by atoms with Crippen LogP contribution in [-0.4, -0.2) is 24.1 Å². The summed E-state index contributed by atoms with van der Waals surface area (Å²) in [7, 11) is 0. The van der Waals surface area contributed by atoms with E-state index >= 15 is 0 Å². The van der Waals surface area contributed by atoms with E-state index < -0.39 is 0 Å². The van der Waals surface area contributed by atoms with Crippen LogP contribution < -0.4 is 5.73 Å². The molecule has 0 aromatic carbocycles. The van der Waals surface area contributed by atoms with Crippen LogP contribution in [0.1, 0.15) is 20.8 Å². The highest BCUT2D eigenvalue weighted by Crippen LogP contribution is 2.17. The molecule has 1 aliphatic heterocycles. The van der Waals surface area contributed by atoms with Crippen LogP contribution in [-0.2, 0) is 4.74 Å². The van der Waals surface area contributed by atoms with Gasteiger partial charge in [0.2, 0.25) is 5.90 Å². The third kappa shape index (κ3) is 1.48. The van der Waals surface area contributed by atoms with Crippen LogP contribution in [0.3, 0.4) is 0 Å². The van der Waals surface area contributed by atoms with Crippen LogP contribution in [0.2, 0.25) is 0 Å². The molecule has 0 amide bonds. The lowest BCUT2D eigenvalue weighted by Crippen LogP contribution is -2.26. The highest BCUT2D eigenvalue weighted by Gasteiger charge is 2.27. The van der Waals surface area contributed by atoms with E-state index in [1.54, 1.807) is 0 Å². The summed E-state index contributed by atoms with van der Waals surface area (Å²) in [5.74, 6) is 0.685. The summed E-state index contributed by atoms with van der Waals surface area (Å²) in [6.07, 6.45) is 0. The minimum atomic E-state index is -0.0678. The molecular formula is C7H14N2O. The van der Waals surface area contributed by atoms with E-state index in [-0.39, 0.29) is 11.6 Å². The van der Waals surface area contributed by atoms with E-state index in [0.717, 1.165) is 0 Å². The van der Waals surface area contributed by atoms with Gasteiger partial charge in [0, 0.05) is 0 Å². The fraction of sp³-hybridized carbons (Fsp3) is 0.857. The first-order valence-electron chi connectivity index (χ1n) is 3.49. The van der Waals surface area contributed by atoms with Crippen molar-refractivity contribution in [2.45, 2.75) is 32.4 Å². The smallest absolute Gasteiger partial charge is 0.201 e. The van der Waals surface area contributed by atoms with Gasteiger partial charge in [-0.2, -0.15) is 0 Å². The maximum Gasteiger partial charge on any atom is 0.201 e. The largest absolute Gasteiger partial charge is 0.477 e. The van der Waals surface area contributed by atoms with Gasteiger partial charge in [-0.3, -0.25) is 0 Å². The van der Waals surface area contributed by atoms with Gasteiger partial charge in [0.05, 0.1) is 11.6 Å². The second-order valence-electron chi connectivity index (χ2n) is 3.34. The first-order chi connectivity index (χ1) is 4.51. The topological polar surface area (TPSA) is 47.6 Å². The Morgan fingerprint density at radius 1 is 1.70 bits per heavy atom. The monoisotopic (exact) mass is 142 g/mol. The van der Waals surface area contributed by atoms with Gasteiger partial charge in [-0.05, 0) is 20.8 Å². The number of aliphatic imine (C=N–C) groups is 1. The van der Waals surface area contributed by atoms with Crippen LogP contribution in [0.5, 0.6) is 0 Å². The molecule has 0 fully saturated rings. The van der Waals surface area contributed by atoms with Crippen molar-refractivity contribution in [2.24, 2.45) is 10.7 Å². The summed E-state index contributed by atoms with van der Waals surface area (Å²) in [5.41, 5.74) is 5.50. The minimum absolute atomic E-state index is 0.0665. The summed E-state index contributed by atoms with van der Waals surface area (Å²) >= 11 is 0. The van der Waals surface area contributed by atoms with Crippen molar-refractivity contribution in [3.05, 3.63) is 0 Å². The number of nitrogens with two attached hydrogens (primary N) is 1. The van der Waals surface area contributed by atoms with Gasteiger partial charge >= 0.3 is 0 Å². The zero-order valence-electron chi connectivity index (χ0n) is 6.72. The second kappa shape index (κ2) is 2.23. The van der Waals surface area contributed by atoms with Crippen molar-refractivity contribution in [1.29, 1.82) is 0 Å². The van der Waals surface area contributed by atoms with Crippen molar-refractivity contribution in [3.63, 3.8) is 0 Å². The highest BCUT2D eigenvalue weighted by atomic mass is 16.5. The van der Waals surface area contributed by atoms with Gasteiger partial charge in [0.15, 0.2) is 0 Å². The Balaban J connectivity index is 2.66. The highest BCUT2D eigenvalue weighted by molar-refractivity contribution is 5.82. The molecule has 3 heteroatoms. The predicted octanol–water partition coefficient (Wildman–Crippen LogP) is 0.541. The summed E-state index contributed by atoms with van der Waals surface area (Å²) in [4.78, 5) is 4.29. The molecule has 10 heavy (non-hydrogen) atoms. The van der Waals surface area contributed by atoms with Gasteiger partial charge in [-0.25, -0.2) is 4.99 Å². The Bertz CT molecular complexity index is 161. The molecule has 1 unspecified atom stereocenters. The van der Waals surface area contributed by atoms with Crippen LogP contribution in [0.4, 0.5) is 0 Å². The number of rotatable bonds is 1. The lowest BCUT2D eigenvalue weighted by molar-refractivity contribution is 0.272. The molecule has 0 radical (unpaired) electrons.